The van der Waals surface area contributed by atoms with Gasteiger partial charge in [-0.05, 0) is 24.3 Å². The first-order valence-corrected chi connectivity index (χ1v) is 5.87. The summed E-state index contributed by atoms with van der Waals surface area (Å²) in [6.07, 6.45) is 6.64. The van der Waals surface area contributed by atoms with Crippen LogP contribution in [0.5, 0.6) is 0 Å². The van der Waals surface area contributed by atoms with E-state index >= 15 is 0 Å². The van der Waals surface area contributed by atoms with Crippen LogP contribution in [-0.4, -0.2) is 24.7 Å². The first-order valence-electron chi connectivity index (χ1n) is 5.87. The molecule has 0 aromatic carbocycles. The van der Waals surface area contributed by atoms with Gasteiger partial charge in [0.1, 0.15) is 12.7 Å². The standard InChI is InChI=1S/C13H12N6/c1-2-6-15-11(3-1)7-16-12-4-5-13(17-8-12)19-10-14-9-18-19/h1-6,8-10,16H,7H2. The maximum absolute atomic E-state index is 4.31. The highest BCUT2D eigenvalue weighted by molar-refractivity contribution is 5.43. The van der Waals surface area contributed by atoms with Gasteiger partial charge in [-0.25, -0.2) is 14.6 Å². The van der Waals surface area contributed by atoms with E-state index in [0.29, 0.717) is 6.54 Å². The van der Waals surface area contributed by atoms with E-state index in [0.717, 1.165) is 17.2 Å². The van der Waals surface area contributed by atoms with Crippen LogP contribution in [0, 0.1) is 0 Å². The third-order valence-electron chi connectivity index (χ3n) is 2.60. The Balaban J connectivity index is 1.67. The molecule has 0 bridgehead atoms. The van der Waals surface area contributed by atoms with Crippen molar-refractivity contribution in [2.24, 2.45) is 0 Å². The van der Waals surface area contributed by atoms with Crippen molar-refractivity contribution in [2.75, 3.05) is 5.32 Å². The lowest BCUT2D eigenvalue weighted by atomic mass is 10.3. The molecule has 0 radical (unpaired) electrons. The molecule has 0 aliphatic heterocycles. The number of anilines is 1. The molecule has 0 saturated carbocycles. The Bertz CT molecular complexity index is 618. The Morgan fingerprint density at radius 3 is 2.79 bits per heavy atom. The molecule has 19 heavy (non-hydrogen) atoms. The minimum atomic E-state index is 0.672. The van der Waals surface area contributed by atoms with E-state index in [1.807, 2.05) is 30.3 Å². The Morgan fingerprint density at radius 2 is 2.11 bits per heavy atom. The van der Waals surface area contributed by atoms with Crippen molar-refractivity contribution in [3.63, 3.8) is 0 Å². The smallest absolute Gasteiger partial charge is 0.155 e. The van der Waals surface area contributed by atoms with E-state index in [1.54, 1.807) is 23.4 Å². The molecule has 0 spiro atoms. The summed E-state index contributed by atoms with van der Waals surface area (Å²) < 4.78 is 1.61. The van der Waals surface area contributed by atoms with E-state index in [-0.39, 0.29) is 0 Å². The van der Waals surface area contributed by atoms with Gasteiger partial charge in [-0.1, -0.05) is 6.07 Å². The summed E-state index contributed by atoms with van der Waals surface area (Å²) in [7, 11) is 0. The summed E-state index contributed by atoms with van der Waals surface area (Å²) >= 11 is 0. The van der Waals surface area contributed by atoms with Gasteiger partial charge < -0.3 is 5.32 Å². The molecule has 3 aromatic heterocycles. The summed E-state index contributed by atoms with van der Waals surface area (Å²) in [5, 5.41) is 7.29. The molecule has 0 unspecified atom stereocenters. The van der Waals surface area contributed by atoms with Crippen molar-refractivity contribution in [2.45, 2.75) is 6.54 Å². The lowest BCUT2D eigenvalue weighted by molar-refractivity contribution is 0.845. The van der Waals surface area contributed by atoms with E-state index in [1.165, 1.54) is 6.33 Å². The molecular formula is C13H12N6. The van der Waals surface area contributed by atoms with Gasteiger partial charge in [-0.15, -0.1) is 0 Å². The third kappa shape index (κ3) is 2.74. The molecule has 0 amide bonds. The Labute approximate surface area is 110 Å². The molecule has 0 atom stereocenters. The first kappa shape index (κ1) is 11.3. The Kier molecular flexibility index (Phi) is 3.14. The van der Waals surface area contributed by atoms with Crippen molar-refractivity contribution in [1.82, 2.24) is 24.7 Å². The summed E-state index contributed by atoms with van der Waals surface area (Å²) in [6, 6.07) is 9.68. The van der Waals surface area contributed by atoms with Gasteiger partial charge in [-0.2, -0.15) is 5.10 Å². The number of rotatable bonds is 4. The average Bonchev–Trinajstić information content (AvgIpc) is 3.01. The van der Waals surface area contributed by atoms with Crippen LogP contribution in [0.1, 0.15) is 5.69 Å². The molecule has 3 heterocycles. The number of nitrogens with one attached hydrogen (secondary N) is 1. The minimum absolute atomic E-state index is 0.672. The molecule has 0 aliphatic carbocycles. The molecule has 3 rings (SSSR count). The molecule has 0 fully saturated rings. The normalized spacial score (nSPS) is 10.3. The van der Waals surface area contributed by atoms with E-state index in [9.17, 15) is 0 Å². The second-order valence-electron chi connectivity index (χ2n) is 3.92. The van der Waals surface area contributed by atoms with E-state index < -0.39 is 0 Å². The molecular weight excluding hydrogens is 240 g/mol. The van der Waals surface area contributed by atoms with Crippen LogP contribution in [0.4, 0.5) is 5.69 Å². The maximum atomic E-state index is 4.31. The highest BCUT2D eigenvalue weighted by atomic mass is 15.3. The fourth-order valence-electron chi connectivity index (χ4n) is 1.65. The van der Waals surface area contributed by atoms with Gasteiger partial charge in [-0.3, -0.25) is 4.98 Å². The fourth-order valence-corrected chi connectivity index (χ4v) is 1.65. The lowest BCUT2D eigenvalue weighted by Gasteiger charge is -2.06. The lowest BCUT2D eigenvalue weighted by Crippen LogP contribution is -2.03. The number of pyridine rings is 2. The second kappa shape index (κ2) is 5.26. The number of hydrogen-bond acceptors (Lipinski definition) is 5. The molecule has 3 aromatic rings. The zero-order valence-corrected chi connectivity index (χ0v) is 10.1. The second-order valence-corrected chi connectivity index (χ2v) is 3.92. The summed E-state index contributed by atoms with van der Waals surface area (Å²) in [4.78, 5) is 12.4. The number of hydrogen-bond donors (Lipinski definition) is 1. The van der Waals surface area contributed by atoms with Crippen LogP contribution in [0.25, 0.3) is 5.82 Å². The van der Waals surface area contributed by atoms with Gasteiger partial charge in [0.25, 0.3) is 0 Å². The topological polar surface area (TPSA) is 68.5 Å². The van der Waals surface area contributed by atoms with E-state index in [4.69, 9.17) is 0 Å². The van der Waals surface area contributed by atoms with Crippen molar-refractivity contribution in [1.29, 1.82) is 0 Å². The molecule has 0 saturated heterocycles. The average molecular weight is 252 g/mol. The first-order chi connectivity index (χ1) is 9.42. The summed E-state index contributed by atoms with van der Waals surface area (Å²) in [5.74, 6) is 0.737. The van der Waals surface area contributed by atoms with Crippen LogP contribution in [0.2, 0.25) is 0 Å². The van der Waals surface area contributed by atoms with Gasteiger partial charge in [0.2, 0.25) is 0 Å². The van der Waals surface area contributed by atoms with Crippen LogP contribution in [0.15, 0.2) is 55.4 Å². The maximum Gasteiger partial charge on any atom is 0.155 e. The summed E-state index contributed by atoms with van der Waals surface area (Å²) in [6.45, 7) is 0.672. The van der Waals surface area contributed by atoms with Crippen LogP contribution >= 0.6 is 0 Å². The summed E-state index contributed by atoms with van der Waals surface area (Å²) in [5.41, 5.74) is 1.93. The predicted molar refractivity (Wildman–Crippen MR) is 70.7 cm³/mol. The van der Waals surface area contributed by atoms with Crippen molar-refractivity contribution >= 4 is 5.69 Å². The Morgan fingerprint density at radius 1 is 1.11 bits per heavy atom. The third-order valence-corrected chi connectivity index (χ3v) is 2.60. The molecule has 94 valence electrons. The van der Waals surface area contributed by atoms with Gasteiger partial charge in [0.05, 0.1) is 24.1 Å². The molecule has 1 N–H and O–H groups in total. The van der Waals surface area contributed by atoms with Crippen LogP contribution < -0.4 is 5.32 Å². The van der Waals surface area contributed by atoms with Crippen LogP contribution in [0.3, 0.4) is 0 Å². The van der Waals surface area contributed by atoms with Crippen LogP contribution in [-0.2, 0) is 6.54 Å². The number of nitrogens with zero attached hydrogens (tertiary/aromatic N) is 5. The quantitative estimate of drug-likeness (QED) is 0.765. The van der Waals surface area contributed by atoms with Crippen molar-refractivity contribution < 1.29 is 0 Å². The van der Waals surface area contributed by atoms with Gasteiger partial charge in [0.15, 0.2) is 5.82 Å². The monoisotopic (exact) mass is 252 g/mol. The highest BCUT2D eigenvalue weighted by Gasteiger charge is 1.99. The van der Waals surface area contributed by atoms with Crippen molar-refractivity contribution in [3.8, 4) is 5.82 Å². The molecule has 6 heteroatoms. The zero-order chi connectivity index (χ0) is 12.9. The largest absolute Gasteiger partial charge is 0.378 e. The highest BCUT2D eigenvalue weighted by Crippen LogP contribution is 2.09. The van der Waals surface area contributed by atoms with Gasteiger partial charge >= 0.3 is 0 Å². The molecule has 0 aliphatic rings. The SMILES string of the molecule is c1ccc(CNc2ccc(-n3cncn3)nc2)nc1. The number of aromatic nitrogens is 5. The predicted octanol–water partition coefficient (Wildman–Crippen LogP) is 1.67. The fraction of sp³-hybridized carbons (Fsp3) is 0.0769. The zero-order valence-electron chi connectivity index (χ0n) is 10.1. The van der Waals surface area contributed by atoms with Crippen molar-refractivity contribution in [3.05, 3.63) is 61.1 Å². The van der Waals surface area contributed by atoms with Gasteiger partial charge in [0, 0.05) is 6.20 Å². The molecule has 6 nitrogen and oxygen atoms in total. The minimum Gasteiger partial charge on any atom is -0.378 e. The van der Waals surface area contributed by atoms with E-state index in [2.05, 4.69) is 25.4 Å². The Hall–Kier alpha value is -2.76.